The number of methoxy groups -OCH3 is 1. The third-order valence-corrected chi connectivity index (χ3v) is 4.48. The van der Waals surface area contributed by atoms with E-state index in [0.29, 0.717) is 17.2 Å². The Labute approximate surface area is 162 Å². The lowest BCUT2D eigenvalue weighted by atomic mass is 10.1. The van der Waals surface area contributed by atoms with Crippen LogP contribution in [0.2, 0.25) is 5.02 Å². The fourth-order valence-electron chi connectivity index (χ4n) is 2.39. The van der Waals surface area contributed by atoms with Crippen LogP contribution in [0.4, 0.5) is 0 Å². The lowest BCUT2D eigenvalue weighted by molar-refractivity contribution is -0.101. The van der Waals surface area contributed by atoms with Crippen LogP contribution in [0.1, 0.15) is 5.56 Å². The summed E-state index contributed by atoms with van der Waals surface area (Å²) < 4.78 is 18.3. The fraction of sp³-hybridized carbons (Fsp3) is 0.211. The van der Waals surface area contributed by atoms with Crippen LogP contribution in [0.5, 0.6) is 11.5 Å². The van der Waals surface area contributed by atoms with Gasteiger partial charge in [0, 0.05) is 23.8 Å². The van der Waals surface area contributed by atoms with Crippen molar-refractivity contribution in [2.75, 3.05) is 13.9 Å². The molecule has 136 valence electrons. The summed E-state index contributed by atoms with van der Waals surface area (Å²) in [5, 5.41) is -0.503. The molecule has 0 bridgehead atoms. The normalized spacial score (nSPS) is 13.2. The van der Waals surface area contributed by atoms with E-state index in [1.165, 1.54) is 0 Å². The van der Waals surface area contributed by atoms with E-state index < -0.39 is 5.18 Å². The summed E-state index contributed by atoms with van der Waals surface area (Å²) in [6, 6.07) is 14.7. The van der Waals surface area contributed by atoms with Crippen molar-refractivity contribution in [3.8, 4) is 11.5 Å². The van der Waals surface area contributed by atoms with Crippen LogP contribution < -0.4 is 9.47 Å². The lowest BCUT2D eigenvalue weighted by Gasteiger charge is -2.28. The van der Waals surface area contributed by atoms with Gasteiger partial charge in [0.1, 0.15) is 11.5 Å². The maximum Gasteiger partial charge on any atom is 0.230 e. The van der Waals surface area contributed by atoms with Crippen LogP contribution in [0.15, 0.2) is 67.3 Å². The molecule has 0 radical (unpaired) electrons. The second kappa shape index (κ2) is 8.45. The smallest absolute Gasteiger partial charge is 0.230 e. The molecule has 0 spiro atoms. The monoisotopic (exact) mass is 392 g/mol. The zero-order chi connectivity index (χ0) is 18.4. The number of nitrogens with zero attached hydrogens (tertiary/aromatic N) is 2. The van der Waals surface area contributed by atoms with E-state index in [0.717, 1.165) is 11.3 Å². The number of hydrogen-bond donors (Lipinski definition) is 0. The molecule has 7 heteroatoms. The van der Waals surface area contributed by atoms with E-state index in [9.17, 15) is 0 Å². The van der Waals surface area contributed by atoms with Gasteiger partial charge >= 0.3 is 0 Å². The minimum absolute atomic E-state index is 0.0262. The highest BCUT2D eigenvalue weighted by Crippen LogP contribution is 2.29. The second-order valence-corrected chi connectivity index (χ2v) is 6.57. The Kier molecular flexibility index (Phi) is 6.04. The quantitative estimate of drug-likeness (QED) is 0.412. The molecule has 0 fully saturated rings. The van der Waals surface area contributed by atoms with E-state index >= 15 is 0 Å². The number of ether oxygens (including phenoxy) is 3. The van der Waals surface area contributed by atoms with Gasteiger partial charge in [0.15, 0.2) is 6.79 Å². The fourth-order valence-corrected chi connectivity index (χ4v) is 2.81. The molecule has 1 aromatic heterocycles. The number of aromatic nitrogens is 2. The first-order valence-corrected chi connectivity index (χ1v) is 8.67. The van der Waals surface area contributed by atoms with Crippen molar-refractivity contribution in [2.24, 2.45) is 0 Å². The van der Waals surface area contributed by atoms with Gasteiger partial charge in [0.2, 0.25) is 5.18 Å². The summed E-state index contributed by atoms with van der Waals surface area (Å²) in [4.78, 5) is 4.05. The van der Waals surface area contributed by atoms with Crippen LogP contribution in [-0.4, -0.2) is 23.5 Å². The average Bonchev–Trinajstić information content (AvgIpc) is 3.20. The van der Waals surface area contributed by atoms with Gasteiger partial charge < -0.3 is 14.2 Å². The van der Waals surface area contributed by atoms with Gasteiger partial charge in [-0.1, -0.05) is 35.3 Å². The van der Waals surface area contributed by atoms with E-state index in [4.69, 9.17) is 37.4 Å². The summed E-state index contributed by atoms with van der Waals surface area (Å²) in [6.07, 6.45) is 5.41. The molecule has 1 heterocycles. The molecular weight excluding hydrogens is 375 g/mol. The van der Waals surface area contributed by atoms with Gasteiger partial charge in [-0.2, -0.15) is 0 Å². The van der Waals surface area contributed by atoms with Gasteiger partial charge in [-0.15, -0.1) is 0 Å². The van der Waals surface area contributed by atoms with Crippen molar-refractivity contribution in [3.05, 3.63) is 77.8 Å². The molecule has 1 atom stereocenters. The molecule has 3 rings (SSSR count). The first-order chi connectivity index (χ1) is 12.6. The van der Waals surface area contributed by atoms with Crippen molar-refractivity contribution in [3.63, 3.8) is 0 Å². The maximum atomic E-state index is 6.76. The van der Waals surface area contributed by atoms with Crippen LogP contribution in [-0.2, 0) is 16.3 Å². The van der Waals surface area contributed by atoms with Crippen LogP contribution in [0, 0.1) is 0 Å². The maximum absolute atomic E-state index is 6.76. The molecule has 2 aromatic carbocycles. The highest BCUT2D eigenvalue weighted by Gasteiger charge is 2.31. The van der Waals surface area contributed by atoms with E-state index in [1.807, 2.05) is 36.4 Å². The van der Waals surface area contributed by atoms with Crippen molar-refractivity contribution in [2.45, 2.75) is 11.6 Å². The Balaban J connectivity index is 1.68. The number of benzene rings is 2. The standard InChI is InChI=1S/C19H18Cl2N2O3/c1-24-17-6-8-18(9-7-17)25-14-26-19(21,23-11-10-22-13-23)12-15-2-4-16(20)5-3-15/h2-11,13H,12,14H2,1H3. The molecule has 0 N–H and O–H groups in total. The van der Waals surface area contributed by atoms with Gasteiger partial charge in [-0.3, -0.25) is 4.57 Å². The van der Waals surface area contributed by atoms with E-state index in [-0.39, 0.29) is 6.79 Å². The van der Waals surface area contributed by atoms with Gasteiger partial charge in [0.05, 0.1) is 13.4 Å². The SMILES string of the molecule is COc1ccc(OCOC(Cl)(Cc2ccc(Cl)cc2)n2ccnc2)cc1. The number of halogens is 2. The second-order valence-electron chi connectivity index (χ2n) is 5.54. The molecule has 0 saturated carbocycles. The predicted octanol–water partition coefficient (Wildman–Crippen LogP) is 4.69. The molecule has 3 aromatic rings. The molecule has 5 nitrogen and oxygen atoms in total. The van der Waals surface area contributed by atoms with Gasteiger partial charge in [-0.25, -0.2) is 4.98 Å². The zero-order valence-electron chi connectivity index (χ0n) is 14.1. The minimum Gasteiger partial charge on any atom is -0.497 e. The molecule has 0 aliphatic carbocycles. The predicted molar refractivity (Wildman–Crippen MR) is 101 cm³/mol. The first kappa shape index (κ1) is 18.6. The average molecular weight is 393 g/mol. The van der Waals surface area contributed by atoms with Crippen LogP contribution >= 0.6 is 23.2 Å². The summed E-state index contributed by atoms with van der Waals surface area (Å²) in [7, 11) is 1.61. The Morgan fingerprint density at radius 3 is 2.35 bits per heavy atom. The molecule has 26 heavy (non-hydrogen) atoms. The minimum atomic E-state index is -1.17. The molecule has 0 saturated heterocycles. The number of imidazole rings is 1. The van der Waals surface area contributed by atoms with Crippen LogP contribution in [0.3, 0.4) is 0 Å². The number of rotatable bonds is 8. The summed E-state index contributed by atoms with van der Waals surface area (Å²) >= 11 is 12.7. The zero-order valence-corrected chi connectivity index (χ0v) is 15.7. The first-order valence-electron chi connectivity index (χ1n) is 7.92. The number of alkyl halides is 1. The Morgan fingerprint density at radius 2 is 1.73 bits per heavy atom. The van der Waals surface area contributed by atoms with E-state index in [1.54, 1.807) is 42.5 Å². The Bertz CT molecular complexity index is 808. The Hall–Kier alpha value is -2.21. The van der Waals surface area contributed by atoms with Crippen molar-refractivity contribution < 1.29 is 14.2 Å². The van der Waals surface area contributed by atoms with Crippen molar-refractivity contribution in [1.82, 2.24) is 9.55 Å². The molecule has 0 amide bonds. The lowest BCUT2D eigenvalue weighted by Crippen LogP contribution is -2.33. The third-order valence-electron chi connectivity index (χ3n) is 3.79. The summed E-state index contributed by atoms with van der Waals surface area (Å²) in [5.41, 5.74) is 0.975. The topological polar surface area (TPSA) is 45.5 Å². The van der Waals surface area contributed by atoms with Crippen LogP contribution in [0.25, 0.3) is 0 Å². The van der Waals surface area contributed by atoms with E-state index in [2.05, 4.69) is 4.98 Å². The molecule has 1 unspecified atom stereocenters. The van der Waals surface area contributed by atoms with Gasteiger partial charge in [-0.05, 0) is 42.0 Å². The molecule has 0 aliphatic heterocycles. The highest BCUT2D eigenvalue weighted by atomic mass is 35.5. The highest BCUT2D eigenvalue weighted by molar-refractivity contribution is 6.30. The van der Waals surface area contributed by atoms with Crippen molar-refractivity contribution >= 4 is 23.2 Å². The Morgan fingerprint density at radius 1 is 1.04 bits per heavy atom. The van der Waals surface area contributed by atoms with Crippen molar-refractivity contribution in [1.29, 1.82) is 0 Å². The largest absolute Gasteiger partial charge is 0.497 e. The molecular formula is C19H18Cl2N2O3. The van der Waals surface area contributed by atoms with Gasteiger partial charge in [0.25, 0.3) is 0 Å². The third kappa shape index (κ3) is 4.69. The summed E-state index contributed by atoms with van der Waals surface area (Å²) in [5.74, 6) is 1.41. The molecule has 0 aliphatic rings. The number of hydrogen-bond acceptors (Lipinski definition) is 4. The summed E-state index contributed by atoms with van der Waals surface area (Å²) in [6.45, 7) is -0.0262.